The van der Waals surface area contributed by atoms with Crippen molar-refractivity contribution in [3.63, 3.8) is 0 Å². The molecule has 37 heavy (non-hydrogen) atoms. The highest BCUT2D eigenvalue weighted by atomic mass is 32.1. The van der Waals surface area contributed by atoms with Crippen molar-refractivity contribution in [2.24, 2.45) is 17.8 Å². The van der Waals surface area contributed by atoms with Gasteiger partial charge in [-0.3, -0.25) is 4.79 Å². The van der Waals surface area contributed by atoms with Gasteiger partial charge in [-0.25, -0.2) is 23.1 Å². The maximum absolute atomic E-state index is 15.9. The van der Waals surface area contributed by atoms with E-state index in [1.165, 1.54) is 23.6 Å². The molecule has 1 aromatic carbocycles. The Labute approximate surface area is 215 Å². The summed E-state index contributed by atoms with van der Waals surface area (Å²) in [6, 6.07) is 5.21. The molecule has 0 spiro atoms. The molecular weight excluding hydrogens is 501 g/mol. The molecule has 0 saturated heterocycles. The van der Waals surface area contributed by atoms with Crippen LogP contribution in [-0.2, 0) is 9.53 Å². The van der Waals surface area contributed by atoms with Gasteiger partial charge in [0.15, 0.2) is 17.5 Å². The van der Waals surface area contributed by atoms with Crippen LogP contribution >= 0.6 is 11.3 Å². The molecular formula is C27H25F3N4O2S. The molecule has 2 N–H and O–H groups in total. The zero-order valence-electron chi connectivity index (χ0n) is 20.1. The third-order valence-electron chi connectivity index (χ3n) is 7.63. The number of thiophene rings is 1. The summed E-state index contributed by atoms with van der Waals surface area (Å²) in [5, 5.41) is 5.34. The van der Waals surface area contributed by atoms with Gasteiger partial charge in [0.2, 0.25) is 0 Å². The third kappa shape index (κ3) is 4.17. The van der Waals surface area contributed by atoms with Crippen LogP contribution in [0.25, 0.3) is 32.9 Å². The Morgan fingerprint density at radius 3 is 2.68 bits per heavy atom. The van der Waals surface area contributed by atoms with E-state index in [4.69, 9.17) is 4.74 Å². The summed E-state index contributed by atoms with van der Waals surface area (Å²) in [6.45, 7) is 2.06. The zero-order valence-corrected chi connectivity index (χ0v) is 20.9. The predicted octanol–water partition coefficient (Wildman–Crippen LogP) is 6.55. The van der Waals surface area contributed by atoms with Crippen LogP contribution in [0, 0.1) is 35.2 Å². The Hall–Kier alpha value is -3.40. The smallest absolute Gasteiger partial charge is 0.311 e. The lowest BCUT2D eigenvalue weighted by atomic mass is 9.61. The van der Waals surface area contributed by atoms with Crippen molar-refractivity contribution >= 4 is 34.0 Å². The molecule has 0 aliphatic heterocycles. The maximum atomic E-state index is 15.9. The second-order valence-corrected chi connectivity index (χ2v) is 10.6. The highest BCUT2D eigenvalue weighted by molar-refractivity contribution is 7.13. The van der Waals surface area contributed by atoms with Crippen LogP contribution in [0.4, 0.5) is 19.0 Å². The van der Waals surface area contributed by atoms with Crippen molar-refractivity contribution in [1.29, 1.82) is 0 Å². The molecule has 7 rings (SSSR count). The molecule has 0 amide bonds. The fourth-order valence-corrected chi connectivity index (χ4v) is 6.68. The quantitative estimate of drug-likeness (QED) is 0.279. The summed E-state index contributed by atoms with van der Waals surface area (Å²) >= 11 is 1.32. The second-order valence-electron chi connectivity index (χ2n) is 9.67. The third-order valence-corrected chi connectivity index (χ3v) is 8.51. The highest BCUT2D eigenvalue weighted by Crippen LogP contribution is 2.47. The van der Waals surface area contributed by atoms with Gasteiger partial charge in [-0.2, -0.15) is 0 Å². The number of anilines is 1. The highest BCUT2D eigenvalue weighted by Gasteiger charge is 2.48. The number of carbonyl (C=O) groups excluding carboxylic acids is 1. The number of fused-ring (bicyclic) bond motifs is 4. The Bertz CT molecular complexity index is 1460. The topological polar surface area (TPSA) is 79.9 Å². The number of H-pyrrole nitrogens is 1. The van der Waals surface area contributed by atoms with Crippen molar-refractivity contribution in [1.82, 2.24) is 15.0 Å². The average molecular weight is 527 g/mol. The van der Waals surface area contributed by atoms with Gasteiger partial charge >= 0.3 is 5.97 Å². The van der Waals surface area contributed by atoms with Gasteiger partial charge in [0.05, 0.1) is 22.9 Å². The van der Waals surface area contributed by atoms with Gasteiger partial charge in [0.25, 0.3) is 0 Å². The standard InChI is InChI=1S/C27H25F3N4O2S/c1-2-36-27(35)20-13-5-7-14(8-6-13)22(20)32-26-21(30)24(19-4-3-9-37-19)33-25(34-26)17-12-31-23-16(17)10-15(28)11-18(23)29/h3-4,9-14,20,22,31H,2,5-8H2,1H3,(H,32,33,34)/t13?,14?,20-,22-/m0/s1. The van der Waals surface area contributed by atoms with Gasteiger partial charge in [-0.05, 0) is 62.0 Å². The number of esters is 1. The second kappa shape index (κ2) is 9.48. The lowest BCUT2D eigenvalue weighted by Crippen LogP contribution is -2.52. The minimum absolute atomic E-state index is 0.0357. The SMILES string of the molecule is CCOC(=O)[C@H]1C2CCC(CC2)[C@@H]1Nc1nc(-c2c[nH]c3c(F)cc(F)cc23)nc(-c2cccs2)c1F. The van der Waals surface area contributed by atoms with Crippen molar-refractivity contribution in [3.05, 3.63) is 53.3 Å². The molecule has 192 valence electrons. The predicted molar refractivity (Wildman–Crippen MR) is 135 cm³/mol. The van der Waals surface area contributed by atoms with Crippen molar-refractivity contribution < 1.29 is 22.7 Å². The van der Waals surface area contributed by atoms with Gasteiger partial charge in [0.1, 0.15) is 17.3 Å². The van der Waals surface area contributed by atoms with Crippen LogP contribution in [0.3, 0.4) is 0 Å². The molecule has 10 heteroatoms. The van der Waals surface area contributed by atoms with Crippen LogP contribution in [-0.4, -0.2) is 33.6 Å². The molecule has 3 fully saturated rings. The minimum Gasteiger partial charge on any atom is -0.466 e. The largest absolute Gasteiger partial charge is 0.466 e. The number of aromatic nitrogens is 3. The van der Waals surface area contributed by atoms with Crippen LogP contribution in [0.5, 0.6) is 0 Å². The Kier molecular flexibility index (Phi) is 6.14. The van der Waals surface area contributed by atoms with Crippen molar-refractivity contribution in [2.45, 2.75) is 38.6 Å². The van der Waals surface area contributed by atoms with E-state index >= 15 is 4.39 Å². The summed E-state index contributed by atoms with van der Waals surface area (Å²) < 4.78 is 49.8. The summed E-state index contributed by atoms with van der Waals surface area (Å²) in [5.41, 5.74) is 0.548. The van der Waals surface area contributed by atoms with E-state index in [0.29, 0.717) is 10.4 Å². The lowest BCUT2D eigenvalue weighted by molar-refractivity contribution is -0.154. The molecule has 2 atom stereocenters. The fourth-order valence-electron chi connectivity index (χ4n) is 5.97. The summed E-state index contributed by atoms with van der Waals surface area (Å²) in [7, 11) is 0. The average Bonchev–Trinajstić information content (AvgIpc) is 3.57. The number of aromatic amines is 1. The molecule has 3 aliphatic rings. The first kappa shape index (κ1) is 24.0. The van der Waals surface area contributed by atoms with Crippen LogP contribution in [0.2, 0.25) is 0 Å². The minimum atomic E-state index is -0.740. The molecule has 4 aromatic rings. The molecule has 3 aromatic heterocycles. The van der Waals surface area contributed by atoms with E-state index in [2.05, 4.69) is 20.3 Å². The van der Waals surface area contributed by atoms with Crippen LogP contribution in [0.1, 0.15) is 32.6 Å². The number of nitrogens with one attached hydrogen (secondary N) is 2. The first-order valence-electron chi connectivity index (χ1n) is 12.5. The summed E-state index contributed by atoms with van der Waals surface area (Å²) in [6.07, 6.45) is 5.26. The number of hydrogen-bond donors (Lipinski definition) is 2. The maximum Gasteiger partial charge on any atom is 0.311 e. The van der Waals surface area contributed by atoms with Gasteiger partial charge < -0.3 is 15.0 Å². The Balaban J connectivity index is 1.47. The number of carbonyl (C=O) groups is 1. The number of nitrogens with zero attached hydrogens (tertiary/aromatic N) is 2. The molecule has 2 bridgehead atoms. The fraction of sp³-hybridized carbons (Fsp3) is 0.370. The number of benzene rings is 1. The van der Waals surface area contributed by atoms with E-state index < -0.39 is 23.4 Å². The number of halogens is 3. The van der Waals surface area contributed by atoms with E-state index in [-0.39, 0.29) is 58.7 Å². The number of hydrogen-bond acceptors (Lipinski definition) is 6. The van der Waals surface area contributed by atoms with Crippen LogP contribution in [0.15, 0.2) is 35.8 Å². The lowest BCUT2D eigenvalue weighted by Gasteiger charge is -2.47. The van der Waals surface area contributed by atoms with Gasteiger partial charge in [-0.15, -0.1) is 11.3 Å². The number of ether oxygens (including phenoxy) is 1. The summed E-state index contributed by atoms with van der Waals surface area (Å²) in [4.78, 5) is 25.3. The molecule has 0 unspecified atom stereocenters. The van der Waals surface area contributed by atoms with Crippen molar-refractivity contribution in [2.75, 3.05) is 11.9 Å². The van der Waals surface area contributed by atoms with E-state index in [1.54, 1.807) is 19.1 Å². The van der Waals surface area contributed by atoms with Gasteiger partial charge in [-0.1, -0.05) is 6.07 Å². The molecule has 3 heterocycles. The zero-order chi connectivity index (χ0) is 25.7. The van der Waals surface area contributed by atoms with Gasteiger partial charge in [0, 0.05) is 29.3 Å². The number of rotatable bonds is 6. The first-order chi connectivity index (χ1) is 17.9. The van der Waals surface area contributed by atoms with Crippen LogP contribution < -0.4 is 5.32 Å². The van der Waals surface area contributed by atoms with E-state index in [9.17, 15) is 13.6 Å². The Morgan fingerprint density at radius 2 is 1.95 bits per heavy atom. The summed E-state index contributed by atoms with van der Waals surface area (Å²) in [5.74, 6) is -2.34. The Morgan fingerprint density at radius 1 is 1.16 bits per heavy atom. The molecule has 0 radical (unpaired) electrons. The monoisotopic (exact) mass is 526 g/mol. The molecule has 6 nitrogen and oxygen atoms in total. The normalized spacial score (nSPS) is 22.9. The van der Waals surface area contributed by atoms with E-state index in [1.807, 2.05) is 5.38 Å². The first-order valence-corrected chi connectivity index (χ1v) is 13.3. The van der Waals surface area contributed by atoms with E-state index in [0.717, 1.165) is 31.7 Å². The van der Waals surface area contributed by atoms with Crippen molar-refractivity contribution in [3.8, 4) is 22.0 Å². The molecule has 3 saturated carbocycles. The molecule has 3 aliphatic carbocycles.